The molecule has 0 saturated carbocycles. The first-order chi connectivity index (χ1) is 19.0. The molecular weight excluding hydrogens is 571 g/mol. The molecule has 3 aromatic carbocycles. The first-order valence-corrected chi connectivity index (χ1v) is 16.0. The molecule has 0 saturated heterocycles. The van der Waals surface area contributed by atoms with Crippen LogP contribution >= 0.6 is 29.7 Å². The minimum Gasteiger partial charge on any atom is -0.457 e. The Morgan fingerprint density at radius 3 is 2.10 bits per heavy atom. The number of rotatable bonds is 10. The molecule has 0 radical (unpaired) electrons. The van der Waals surface area contributed by atoms with Crippen LogP contribution in [0.2, 0.25) is 5.02 Å². The van der Waals surface area contributed by atoms with Crippen molar-refractivity contribution in [1.29, 1.82) is 5.26 Å². The Hall–Kier alpha value is -3.28. The van der Waals surface area contributed by atoms with E-state index in [0.717, 1.165) is 16.9 Å². The highest BCUT2D eigenvalue weighted by Gasteiger charge is 2.29. The second-order valence-corrected chi connectivity index (χ2v) is 13.7. The molecule has 212 valence electrons. The summed E-state index contributed by atoms with van der Waals surface area (Å²) in [6.07, 6.45) is 0.575. The van der Waals surface area contributed by atoms with Crippen molar-refractivity contribution in [2.75, 3.05) is 13.4 Å². The van der Waals surface area contributed by atoms with E-state index in [-0.39, 0.29) is 11.8 Å². The summed E-state index contributed by atoms with van der Waals surface area (Å²) in [7, 11) is 1.30. The third kappa shape index (κ3) is 10.4. The number of para-hydroxylation sites is 1. The molecule has 0 aliphatic heterocycles. The third-order valence-electron chi connectivity index (χ3n) is 5.42. The maximum Gasteiger partial charge on any atom is 0.352 e. The third-order valence-corrected chi connectivity index (χ3v) is 9.38. The number of carbonyl (C=O) groups is 2. The normalized spacial score (nSPS) is 13.4. The fraction of sp³-hybridized carbons (Fsp3) is 0.276. The summed E-state index contributed by atoms with van der Waals surface area (Å²) in [5.74, 6) is -0.0590. The molecule has 1 unspecified atom stereocenters. The van der Waals surface area contributed by atoms with Crippen molar-refractivity contribution < 1.29 is 28.2 Å². The van der Waals surface area contributed by atoms with E-state index in [2.05, 4.69) is 15.7 Å². The minimum absolute atomic E-state index is 0.00855. The van der Waals surface area contributed by atoms with Gasteiger partial charge in [-0.3, -0.25) is 19.2 Å². The van der Waals surface area contributed by atoms with Crippen molar-refractivity contribution in [3.05, 3.63) is 95.0 Å². The summed E-state index contributed by atoms with van der Waals surface area (Å²) < 4.78 is 27.2. The van der Waals surface area contributed by atoms with Crippen LogP contribution in [0.5, 0.6) is 11.5 Å². The van der Waals surface area contributed by atoms with Crippen molar-refractivity contribution in [2.45, 2.75) is 32.8 Å². The van der Waals surface area contributed by atoms with Crippen molar-refractivity contribution >= 4 is 41.6 Å². The van der Waals surface area contributed by atoms with E-state index in [0.29, 0.717) is 22.1 Å². The van der Waals surface area contributed by atoms with E-state index in [1.54, 1.807) is 42.7 Å². The van der Waals surface area contributed by atoms with Gasteiger partial charge in [0, 0.05) is 24.6 Å². The molecule has 3 atom stereocenters. The van der Waals surface area contributed by atoms with Crippen LogP contribution in [0, 0.1) is 17.2 Å². The lowest BCUT2D eigenvalue weighted by atomic mass is 9.88. The monoisotopic (exact) mass is 602 g/mol. The van der Waals surface area contributed by atoms with Crippen LogP contribution < -0.4 is 9.82 Å². The summed E-state index contributed by atoms with van der Waals surface area (Å²) in [6, 6.07) is 25.5. The van der Waals surface area contributed by atoms with Gasteiger partial charge in [-0.05, 0) is 54.1 Å². The van der Waals surface area contributed by atoms with Gasteiger partial charge >= 0.3 is 12.7 Å². The Balaban J connectivity index is 0.000000478. The molecule has 0 fully saturated rings. The van der Waals surface area contributed by atoms with Gasteiger partial charge in [0.25, 0.3) is 0 Å². The zero-order valence-electron chi connectivity index (χ0n) is 22.9. The molecule has 1 N–H and O–H groups in total. The van der Waals surface area contributed by atoms with E-state index in [9.17, 15) is 19.4 Å². The van der Waals surface area contributed by atoms with Crippen LogP contribution in [0.15, 0.2) is 78.9 Å². The SMILES string of the molecule is CC(C)[C@H](C(=O)O[C@H](C#N)c1cccc(Oc2ccccc2)c1)c1ccc(Cl)cc1.COP(=O)(NC(C)=O)SC. The number of nitrogens with one attached hydrogen (secondary N) is 1. The van der Waals surface area contributed by atoms with Crippen molar-refractivity contribution in [3.8, 4) is 17.6 Å². The number of ether oxygens (including phenoxy) is 2. The lowest BCUT2D eigenvalue weighted by Crippen LogP contribution is -2.22. The Kier molecular flexibility index (Phi) is 13.3. The molecule has 0 spiro atoms. The molecule has 8 nitrogen and oxygen atoms in total. The van der Waals surface area contributed by atoms with Gasteiger partial charge in [0.05, 0.1) is 5.92 Å². The lowest BCUT2D eigenvalue weighted by molar-refractivity contribution is -0.150. The second kappa shape index (κ2) is 16.1. The average Bonchev–Trinajstić information content (AvgIpc) is 2.93. The molecule has 0 bridgehead atoms. The minimum atomic E-state index is -2.92. The fourth-order valence-electron chi connectivity index (χ4n) is 3.55. The first kappa shape index (κ1) is 32.9. The Bertz CT molecular complexity index is 1340. The number of nitrogens with zero attached hydrogens (tertiary/aromatic N) is 1. The largest absolute Gasteiger partial charge is 0.457 e. The molecule has 3 aromatic rings. The Morgan fingerprint density at radius 2 is 1.60 bits per heavy atom. The number of hydrogen-bond donors (Lipinski definition) is 1. The highest BCUT2D eigenvalue weighted by Crippen LogP contribution is 2.53. The number of nitriles is 1. The smallest absolute Gasteiger partial charge is 0.352 e. The maximum absolute atomic E-state index is 13.0. The zero-order valence-corrected chi connectivity index (χ0v) is 25.3. The van der Waals surface area contributed by atoms with Crippen LogP contribution in [0.3, 0.4) is 0 Å². The van der Waals surface area contributed by atoms with Gasteiger partial charge in [-0.15, -0.1) is 0 Å². The van der Waals surface area contributed by atoms with Crippen molar-refractivity contribution in [2.24, 2.45) is 5.92 Å². The van der Waals surface area contributed by atoms with Gasteiger partial charge in [0.2, 0.25) is 12.0 Å². The maximum atomic E-state index is 13.0. The molecule has 1 amide bonds. The van der Waals surface area contributed by atoms with Crippen LogP contribution in [0.4, 0.5) is 0 Å². The Labute approximate surface area is 244 Å². The predicted octanol–water partition coefficient (Wildman–Crippen LogP) is 7.92. The lowest BCUT2D eigenvalue weighted by Gasteiger charge is -2.22. The summed E-state index contributed by atoms with van der Waals surface area (Å²) in [4.78, 5) is 23.4. The van der Waals surface area contributed by atoms with Crippen molar-refractivity contribution in [3.63, 3.8) is 0 Å². The Morgan fingerprint density at radius 1 is 0.975 bits per heavy atom. The number of esters is 1. The molecule has 11 heteroatoms. The summed E-state index contributed by atoms with van der Waals surface area (Å²) in [5.41, 5.74) is 1.36. The number of benzene rings is 3. The van der Waals surface area contributed by atoms with Crippen LogP contribution in [-0.2, 0) is 23.4 Å². The highest BCUT2D eigenvalue weighted by molar-refractivity contribution is 8.55. The number of hydrogen-bond acceptors (Lipinski definition) is 8. The highest BCUT2D eigenvalue weighted by atomic mass is 35.5. The number of amides is 1. The molecule has 0 aromatic heterocycles. The zero-order chi connectivity index (χ0) is 29.7. The van der Waals surface area contributed by atoms with Gasteiger partial charge in [0.15, 0.2) is 0 Å². The van der Waals surface area contributed by atoms with E-state index in [4.69, 9.17) is 21.1 Å². The number of halogens is 1. The van der Waals surface area contributed by atoms with E-state index >= 15 is 0 Å². The molecule has 40 heavy (non-hydrogen) atoms. The molecule has 0 aliphatic rings. The van der Waals surface area contributed by atoms with Gasteiger partial charge in [-0.2, -0.15) is 5.26 Å². The molecule has 0 heterocycles. The average molecular weight is 603 g/mol. The van der Waals surface area contributed by atoms with Gasteiger partial charge in [-0.25, -0.2) is 0 Å². The predicted molar refractivity (Wildman–Crippen MR) is 158 cm³/mol. The fourth-order valence-corrected chi connectivity index (χ4v) is 5.50. The van der Waals surface area contributed by atoms with Gasteiger partial charge < -0.3 is 14.0 Å². The molecule has 3 rings (SSSR count). The van der Waals surface area contributed by atoms with Crippen molar-refractivity contribution in [1.82, 2.24) is 5.09 Å². The number of carbonyl (C=O) groups excluding carboxylic acids is 2. The standard InChI is InChI=1S/C25H22ClNO3.C4H10NO3PS/c1-17(2)24(18-11-13-20(26)14-12-18)25(28)30-23(16-27)19-7-6-10-22(15-19)29-21-8-4-3-5-9-21;1-4(6)5-9(7,8-2)10-3/h3-15,17,23-24H,1-2H3;1-3H3,(H,5,6,7)/t23-,24+;/m1./s1. The van der Waals surface area contributed by atoms with E-state index < -0.39 is 24.7 Å². The first-order valence-electron chi connectivity index (χ1n) is 12.2. The van der Waals surface area contributed by atoms with Crippen LogP contribution in [0.1, 0.15) is 43.9 Å². The second-order valence-electron chi connectivity index (χ2n) is 8.74. The van der Waals surface area contributed by atoms with Crippen LogP contribution in [0.25, 0.3) is 0 Å². The summed E-state index contributed by atoms with van der Waals surface area (Å²) in [6.45, 7) is 2.25. The topological polar surface area (TPSA) is 115 Å². The van der Waals surface area contributed by atoms with Gasteiger partial charge in [0.1, 0.15) is 17.6 Å². The van der Waals surface area contributed by atoms with Gasteiger partial charge in [-0.1, -0.05) is 79.3 Å². The van der Waals surface area contributed by atoms with E-state index in [1.165, 1.54) is 14.0 Å². The summed E-state index contributed by atoms with van der Waals surface area (Å²) in [5, 5.41) is 12.5. The molecule has 0 aliphatic carbocycles. The van der Waals surface area contributed by atoms with Crippen LogP contribution in [-0.4, -0.2) is 25.2 Å². The summed E-state index contributed by atoms with van der Waals surface area (Å²) >= 11 is 6.97. The van der Waals surface area contributed by atoms with E-state index in [1.807, 2.05) is 56.3 Å². The quantitative estimate of drug-likeness (QED) is 0.184. The molecular formula is C29H32ClN2O6PS.